The minimum atomic E-state index is 0.174. The maximum Gasteiger partial charge on any atom is 0.253 e. The maximum absolute atomic E-state index is 12.7. The second-order valence-electron chi connectivity index (χ2n) is 7.15. The first kappa shape index (κ1) is 17.8. The number of thioether (sulfide) groups is 1. The molecule has 4 heteroatoms. The van der Waals surface area contributed by atoms with Gasteiger partial charge in [-0.15, -0.1) is 0 Å². The van der Waals surface area contributed by atoms with E-state index in [1.165, 1.54) is 55.8 Å². The highest BCUT2D eigenvalue weighted by Gasteiger charge is 2.23. The van der Waals surface area contributed by atoms with E-state index in [0.29, 0.717) is 6.04 Å². The average Bonchev–Trinajstić information content (AvgIpc) is 2.90. The number of likely N-dealkylation sites (tertiary alicyclic amines) is 1. The molecule has 0 bridgehead atoms. The van der Waals surface area contributed by atoms with Crippen molar-refractivity contribution in [3.8, 4) is 0 Å². The molecule has 1 aromatic carbocycles. The summed E-state index contributed by atoms with van der Waals surface area (Å²) in [5.41, 5.74) is 2.15. The number of hydrogen-bond acceptors (Lipinski definition) is 3. The van der Waals surface area contributed by atoms with Gasteiger partial charge >= 0.3 is 0 Å². The number of rotatable bonds is 4. The van der Waals surface area contributed by atoms with E-state index in [9.17, 15) is 4.79 Å². The van der Waals surface area contributed by atoms with Crippen LogP contribution < -0.4 is 0 Å². The van der Waals surface area contributed by atoms with Crippen LogP contribution in [0.2, 0.25) is 0 Å². The Kier molecular flexibility index (Phi) is 6.61. The smallest absolute Gasteiger partial charge is 0.253 e. The second kappa shape index (κ2) is 8.91. The van der Waals surface area contributed by atoms with Crippen molar-refractivity contribution in [2.75, 3.05) is 31.6 Å². The molecule has 0 spiro atoms. The standard InChI is InChI=1S/C20H30N2OS/c1-21(19-10-14-24-15-11-19)20(23)18-8-6-17(7-9-18)16-22-12-4-2-3-5-13-22/h6-9,19H,2-5,10-16H2,1H3. The molecule has 2 heterocycles. The molecule has 3 nitrogen and oxygen atoms in total. The molecule has 24 heavy (non-hydrogen) atoms. The summed E-state index contributed by atoms with van der Waals surface area (Å²) < 4.78 is 0. The Hall–Kier alpha value is -1.00. The summed E-state index contributed by atoms with van der Waals surface area (Å²) in [5, 5.41) is 0. The first-order valence-electron chi connectivity index (χ1n) is 9.40. The van der Waals surface area contributed by atoms with Crippen LogP contribution >= 0.6 is 11.8 Å². The first-order valence-corrected chi connectivity index (χ1v) is 10.6. The number of amides is 1. The lowest BCUT2D eigenvalue weighted by Gasteiger charge is -2.31. The molecule has 0 aliphatic carbocycles. The largest absolute Gasteiger partial charge is 0.339 e. The predicted octanol–water partition coefficient (Wildman–Crippen LogP) is 4.03. The van der Waals surface area contributed by atoms with Crippen molar-refractivity contribution in [2.45, 2.75) is 51.1 Å². The summed E-state index contributed by atoms with van der Waals surface area (Å²) in [6, 6.07) is 8.73. The van der Waals surface area contributed by atoms with Gasteiger partial charge in [-0.2, -0.15) is 11.8 Å². The van der Waals surface area contributed by atoms with Gasteiger partial charge in [0.05, 0.1) is 0 Å². The number of hydrogen-bond donors (Lipinski definition) is 0. The van der Waals surface area contributed by atoms with Crippen LogP contribution in [0.4, 0.5) is 0 Å². The highest BCUT2D eigenvalue weighted by Crippen LogP contribution is 2.22. The molecule has 0 aromatic heterocycles. The maximum atomic E-state index is 12.7. The molecule has 2 aliphatic heterocycles. The SMILES string of the molecule is CN(C(=O)c1ccc(CN2CCCCCC2)cc1)C1CCSCC1. The van der Waals surface area contributed by atoms with Crippen molar-refractivity contribution in [3.63, 3.8) is 0 Å². The molecule has 2 fully saturated rings. The van der Waals surface area contributed by atoms with Crippen LogP contribution in [0, 0.1) is 0 Å². The molecule has 1 amide bonds. The van der Waals surface area contributed by atoms with Gasteiger partial charge in [0.2, 0.25) is 0 Å². The van der Waals surface area contributed by atoms with Crippen molar-refractivity contribution < 1.29 is 4.79 Å². The van der Waals surface area contributed by atoms with Crippen LogP contribution in [0.5, 0.6) is 0 Å². The number of carbonyl (C=O) groups excluding carboxylic acids is 1. The van der Waals surface area contributed by atoms with Crippen LogP contribution in [0.15, 0.2) is 24.3 Å². The molecule has 1 aromatic rings. The van der Waals surface area contributed by atoms with E-state index in [2.05, 4.69) is 17.0 Å². The fourth-order valence-corrected chi connectivity index (χ4v) is 4.83. The van der Waals surface area contributed by atoms with E-state index in [-0.39, 0.29) is 5.91 Å². The van der Waals surface area contributed by atoms with Gasteiger partial charge in [-0.3, -0.25) is 9.69 Å². The van der Waals surface area contributed by atoms with Crippen LogP contribution in [0.3, 0.4) is 0 Å². The highest BCUT2D eigenvalue weighted by molar-refractivity contribution is 7.99. The van der Waals surface area contributed by atoms with Gasteiger partial charge in [-0.1, -0.05) is 25.0 Å². The van der Waals surface area contributed by atoms with Crippen LogP contribution in [-0.4, -0.2) is 53.4 Å². The molecule has 2 aliphatic rings. The highest BCUT2D eigenvalue weighted by atomic mass is 32.2. The fourth-order valence-electron chi connectivity index (χ4n) is 3.75. The fraction of sp³-hybridized carbons (Fsp3) is 0.650. The van der Waals surface area contributed by atoms with Gasteiger partial charge in [-0.05, 0) is 68.0 Å². The second-order valence-corrected chi connectivity index (χ2v) is 8.37. The number of benzene rings is 1. The van der Waals surface area contributed by atoms with Crippen molar-refractivity contribution in [2.24, 2.45) is 0 Å². The monoisotopic (exact) mass is 346 g/mol. The van der Waals surface area contributed by atoms with Gasteiger partial charge in [0.15, 0.2) is 0 Å². The molecule has 132 valence electrons. The Bertz CT molecular complexity index is 517. The van der Waals surface area contributed by atoms with E-state index in [1.54, 1.807) is 0 Å². The van der Waals surface area contributed by atoms with Crippen LogP contribution in [0.1, 0.15) is 54.4 Å². The normalized spacial score (nSPS) is 20.5. The zero-order chi connectivity index (χ0) is 16.8. The van der Waals surface area contributed by atoms with Crippen LogP contribution in [-0.2, 0) is 6.54 Å². The summed E-state index contributed by atoms with van der Waals surface area (Å²) in [5.74, 6) is 2.53. The van der Waals surface area contributed by atoms with Crippen LogP contribution in [0.25, 0.3) is 0 Å². The quantitative estimate of drug-likeness (QED) is 0.822. The number of carbonyl (C=O) groups is 1. The summed E-state index contributed by atoms with van der Waals surface area (Å²) in [6.45, 7) is 3.44. The molecular formula is C20H30N2OS. The topological polar surface area (TPSA) is 23.6 Å². The van der Waals surface area contributed by atoms with Gasteiger partial charge in [-0.25, -0.2) is 0 Å². The Balaban J connectivity index is 1.57. The van der Waals surface area contributed by atoms with Crippen molar-refractivity contribution in [3.05, 3.63) is 35.4 Å². The Morgan fingerprint density at radius 2 is 1.71 bits per heavy atom. The summed E-state index contributed by atoms with van der Waals surface area (Å²) >= 11 is 2.00. The summed E-state index contributed by atoms with van der Waals surface area (Å²) in [7, 11) is 1.97. The molecule has 0 atom stereocenters. The molecule has 0 radical (unpaired) electrons. The first-order chi connectivity index (χ1) is 11.7. The Labute approximate surface area is 150 Å². The Morgan fingerprint density at radius 1 is 1.08 bits per heavy atom. The summed E-state index contributed by atoms with van der Waals surface area (Å²) in [4.78, 5) is 17.2. The Morgan fingerprint density at radius 3 is 2.33 bits per heavy atom. The van der Waals surface area contributed by atoms with E-state index in [0.717, 1.165) is 24.9 Å². The lowest BCUT2D eigenvalue weighted by atomic mass is 10.1. The van der Waals surface area contributed by atoms with Crippen molar-refractivity contribution >= 4 is 17.7 Å². The lowest BCUT2D eigenvalue weighted by molar-refractivity contribution is 0.0723. The van der Waals surface area contributed by atoms with E-state index < -0.39 is 0 Å². The third-order valence-electron chi connectivity index (χ3n) is 5.36. The van der Waals surface area contributed by atoms with Gasteiger partial charge in [0.25, 0.3) is 5.91 Å². The summed E-state index contributed by atoms with van der Waals surface area (Å²) in [6.07, 6.45) is 7.63. The zero-order valence-electron chi connectivity index (χ0n) is 14.9. The molecule has 2 saturated heterocycles. The average molecular weight is 347 g/mol. The minimum absolute atomic E-state index is 0.174. The molecule has 0 saturated carbocycles. The molecule has 3 rings (SSSR count). The zero-order valence-corrected chi connectivity index (χ0v) is 15.7. The van der Waals surface area contributed by atoms with Gasteiger partial charge in [0.1, 0.15) is 0 Å². The predicted molar refractivity (Wildman–Crippen MR) is 103 cm³/mol. The minimum Gasteiger partial charge on any atom is -0.339 e. The molecule has 0 unspecified atom stereocenters. The van der Waals surface area contributed by atoms with Crippen molar-refractivity contribution in [1.29, 1.82) is 0 Å². The third kappa shape index (κ3) is 4.76. The third-order valence-corrected chi connectivity index (χ3v) is 6.41. The van der Waals surface area contributed by atoms with E-state index in [4.69, 9.17) is 0 Å². The molecular weight excluding hydrogens is 316 g/mol. The number of nitrogens with zero attached hydrogens (tertiary/aromatic N) is 2. The lowest BCUT2D eigenvalue weighted by Crippen LogP contribution is -2.39. The van der Waals surface area contributed by atoms with Gasteiger partial charge in [0, 0.05) is 25.2 Å². The van der Waals surface area contributed by atoms with Gasteiger partial charge < -0.3 is 4.90 Å². The van der Waals surface area contributed by atoms with E-state index >= 15 is 0 Å². The molecule has 0 N–H and O–H groups in total. The van der Waals surface area contributed by atoms with E-state index in [1.807, 2.05) is 35.8 Å². The van der Waals surface area contributed by atoms with Crippen molar-refractivity contribution in [1.82, 2.24) is 9.80 Å².